The molecule has 2 aliphatic heterocycles. The Kier molecular flexibility index (Phi) is 5.64. The number of imide groups is 1. The van der Waals surface area contributed by atoms with Crippen LogP contribution in [0.4, 0.5) is 13.2 Å². The number of rotatable bonds is 4. The van der Waals surface area contributed by atoms with Gasteiger partial charge in [-0.2, -0.15) is 4.31 Å². The Morgan fingerprint density at radius 2 is 1.61 bits per heavy atom. The van der Waals surface area contributed by atoms with Gasteiger partial charge in [-0.25, -0.2) is 8.42 Å². The van der Waals surface area contributed by atoms with E-state index in [0.29, 0.717) is 0 Å². The second-order valence-electron chi connectivity index (χ2n) is 6.28. The van der Waals surface area contributed by atoms with Crippen molar-refractivity contribution in [1.82, 2.24) is 9.21 Å². The fourth-order valence-corrected chi connectivity index (χ4v) is 4.85. The SMILES string of the molecule is O=C1COCC(=O)N1C1CCN(S(=O)(=O)c2ccccc2OC(F)(F)F)CC1. The van der Waals surface area contributed by atoms with E-state index >= 15 is 0 Å². The summed E-state index contributed by atoms with van der Waals surface area (Å²) in [6.45, 7) is -0.532. The van der Waals surface area contributed by atoms with E-state index in [1.807, 2.05) is 0 Å². The summed E-state index contributed by atoms with van der Waals surface area (Å²) in [6.07, 6.45) is -4.67. The summed E-state index contributed by atoms with van der Waals surface area (Å²) in [7, 11) is -4.25. The van der Waals surface area contributed by atoms with Gasteiger partial charge in [-0.1, -0.05) is 12.1 Å². The molecule has 0 aliphatic carbocycles. The lowest BCUT2D eigenvalue weighted by Crippen LogP contribution is -2.55. The van der Waals surface area contributed by atoms with Gasteiger partial charge in [0, 0.05) is 19.1 Å². The topological polar surface area (TPSA) is 93.2 Å². The Labute approximate surface area is 158 Å². The Morgan fingerprint density at radius 1 is 1.04 bits per heavy atom. The van der Waals surface area contributed by atoms with Crippen LogP contribution in [0.15, 0.2) is 29.2 Å². The molecule has 3 rings (SSSR count). The minimum atomic E-state index is -5.03. The van der Waals surface area contributed by atoms with Crippen molar-refractivity contribution < 1.29 is 40.7 Å². The highest BCUT2D eigenvalue weighted by Gasteiger charge is 2.39. The van der Waals surface area contributed by atoms with Gasteiger partial charge in [0.25, 0.3) is 11.8 Å². The highest BCUT2D eigenvalue weighted by atomic mass is 32.2. The maximum absolute atomic E-state index is 12.8. The van der Waals surface area contributed by atoms with E-state index in [9.17, 15) is 31.2 Å². The van der Waals surface area contributed by atoms with Gasteiger partial charge in [0.1, 0.15) is 23.9 Å². The normalized spacial score (nSPS) is 20.5. The molecule has 2 saturated heterocycles. The molecular weight excluding hydrogens is 405 g/mol. The van der Waals surface area contributed by atoms with Gasteiger partial charge in [-0.05, 0) is 25.0 Å². The van der Waals surface area contributed by atoms with Gasteiger partial charge >= 0.3 is 6.36 Å². The van der Waals surface area contributed by atoms with Crippen LogP contribution in [-0.4, -0.2) is 68.1 Å². The van der Waals surface area contributed by atoms with Gasteiger partial charge in [-0.15, -0.1) is 13.2 Å². The maximum atomic E-state index is 12.8. The molecule has 154 valence electrons. The average Bonchev–Trinajstić information content (AvgIpc) is 2.61. The van der Waals surface area contributed by atoms with Crippen LogP contribution in [0.1, 0.15) is 12.8 Å². The van der Waals surface area contributed by atoms with E-state index in [0.717, 1.165) is 21.3 Å². The zero-order valence-electron chi connectivity index (χ0n) is 14.5. The predicted octanol–water partition coefficient (Wildman–Crippen LogP) is 1.12. The molecule has 0 aromatic heterocycles. The van der Waals surface area contributed by atoms with E-state index in [4.69, 9.17) is 4.74 Å². The summed E-state index contributed by atoms with van der Waals surface area (Å²) < 4.78 is 73.1. The fourth-order valence-electron chi connectivity index (χ4n) is 3.26. The number of para-hydroxylation sites is 1. The van der Waals surface area contributed by atoms with Crippen LogP contribution in [0.3, 0.4) is 0 Å². The number of ether oxygens (including phenoxy) is 2. The van der Waals surface area contributed by atoms with Gasteiger partial charge < -0.3 is 9.47 Å². The molecule has 0 bridgehead atoms. The van der Waals surface area contributed by atoms with Crippen LogP contribution >= 0.6 is 0 Å². The lowest BCUT2D eigenvalue weighted by Gasteiger charge is -2.38. The second-order valence-corrected chi connectivity index (χ2v) is 8.19. The van der Waals surface area contributed by atoms with Gasteiger partial charge in [-0.3, -0.25) is 14.5 Å². The Balaban J connectivity index is 1.75. The first kappa shape index (κ1) is 20.6. The van der Waals surface area contributed by atoms with Gasteiger partial charge in [0.2, 0.25) is 10.0 Å². The van der Waals surface area contributed by atoms with Crippen LogP contribution in [0.2, 0.25) is 0 Å². The summed E-state index contributed by atoms with van der Waals surface area (Å²) in [5.41, 5.74) is 0. The standard InChI is InChI=1S/C16H17F3N2O6S/c17-16(18,19)27-12-3-1-2-4-13(12)28(24,25)20-7-5-11(6-8-20)21-14(22)9-26-10-15(21)23/h1-4,11H,5-10H2. The lowest BCUT2D eigenvalue weighted by molar-refractivity contribution is -0.275. The van der Waals surface area contributed by atoms with Crippen molar-refractivity contribution in [2.75, 3.05) is 26.3 Å². The van der Waals surface area contributed by atoms with Crippen LogP contribution in [-0.2, 0) is 24.3 Å². The molecule has 2 heterocycles. The number of halogens is 3. The largest absolute Gasteiger partial charge is 0.573 e. The second kappa shape index (κ2) is 7.68. The van der Waals surface area contributed by atoms with Gasteiger partial charge in [0.05, 0.1) is 0 Å². The predicted molar refractivity (Wildman–Crippen MR) is 87.6 cm³/mol. The van der Waals surface area contributed by atoms with Gasteiger partial charge in [0.15, 0.2) is 0 Å². The average molecular weight is 422 g/mol. The molecule has 0 saturated carbocycles. The van der Waals surface area contributed by atoms with Crippen molar-refractivity contribution in [3.8, 4) is 5.75 Å². The van der Waals surface area contributed by atoms with Crippen LogP contribution in [0.5, 0.6) is 5.75 Å². The van der Waals surface area contributed by atoms with Crippen molar-refractivity contribution in [3.05, 3.63) is 24.3 Å². The molecule has 2 amide bonds. The fraction of sp³-hybridized carbons (Fsp3) is 0.500. The number of carbonyl (C=O) groups excluding carboxylic acids is 2. The molecular formula is C16H17F3N2O6S. The highest BCUT2D eigenvalue weighted by Crippen LogP contribution is 2.32. The molecule has 0 spiro atoms. The number of hydrogen-bond donors (Lipinski definition) is 0. The maximum Gasteiger partial charge on any atom is 0.573 e. The zero-order valence-corrected chi connectivity index (χ0v) is 15.3. The zero-order chi connectivity index (χ0) is 20.5. The molecule has 0 N–H and O–H groups in total. The lowest BCUT2D eigenvalue weighted by atomic mass is 10.0. The molecule has 1 aromatic carbocycles. The number of sulfonamides is 1. The summed E-state index contributed by atoms with van der Waals surface area (Å²) in [6, 6.07) is 4.03. The highest BCUT2D eigenvalue weighted by molar-refractivity contribution is 7.89. The van der Waals surface area contributed by atoms with E-state index < -0.39 is 44.9 Å². The third-order valence-electron chi connectivity index (χ3n) is 4.47. The molecule has 2 fully saturated rings. The first-order chi connectivity index (χ1) is 13.1. The van der Waals surface area contributed by atoms with Crippen LogP contribution in [0.25, 0.3) is 0 Å². The minimum absolute atomic E-state index is 0.0503. The van der Waals surface area contributed by atoms with E-state index in [1.54, 1.807) is 0 Å². The molecule has 12 heteroatoms. The quantitative estimate of drug-likeness (QED) is 0.676. The number of amides is 2. The molecule has 0 unspecified atom stereocenters. The number of carbonyl (C=O) groups is 2. The molecule has 8 nitrogen and oxygen atoms in total. The summed E-state index contributed by atoms with van der Waals surface area (Å²) >= 11 is 0. The first-order valence-corrected chi connectivity index (χ1v) is 9.81. The Bertz CT molecular complexity index is 849. The summed E-state index contributed by atoms with van der Waals surface area (Å²) in [5, 5.41) is 0. The monoisotopic (exact) mass is 422 g/mol. The summed E-state index contributed by atoms with van der Waals surface area (Å²) in [4.78, 5) is 24.3. The van der Waals surface area contributed by atoms with Crippen LogP contribution in [0, 0.1) is 0 Å². The Hall–Kier alpha value is -2.18. The summed E-state index contributed by atoms with van der Waals surface area (Å²) in [5.74, 6) is -1.78. The Morgan fingerprint density at radius 3 is 2.18 bits per heavy atom. The molecule has 1 aromatic rings. The number of benzene rings is 1. The number of nitrogens with zero attached hydrogens (tertiary/aromatic N) is 2. The smallest absolute Gasteiger partial charge is 0.404 e. The van der Waals surface area contributed by atoms with E-state index in [2.05, 4.69) is 4.74 Å². The van der Waals surface area contributed by atoms with E-state index in [-0.39, 0.29) is 39.1 Å². The first-order valence-electron chi connectivity index (χ1n) is 8.37. The third-order valence-corrected chi connectivity index (χ3v) is 6.41. The van der Waals surface area contributed by atoms with Crippen molar-refractivity contribution in [1.29, 1.82) is 0 Å². The molecule has 2 aliphatic rings. The number of morpholine rings is 1. The minimum Gasteiger partial charge on any atom is -0.404 e. The number of piperidine rings is 1. The van der Waals surface area contributed by atoms with Crippen molar-refractivity contribution in [2.45, 2.75) is 30.1 Å². The molecule has 0 atom stereocenters. The van der Waals surface area contributed by atoms with Crippen molar-refractivity contribution in [2.24, 2.45) is 0 Å². The van der Waals surface area contributed by atoms with E-state index in [1.165, 1.54) is 12.1 Å². The third kappa shape index (κ3) is 4.28. The number of alkyl halides is 3. The number of hydrogen-bond acceptors (Lipinski definition) is 6. The van der Waals surface area contributed by atoms with Crippen molar-refractivity contribution >= 4 is 21.8 Å². The van der Waals surface area contributed by atoms with Crippen molar-refractivity contribution in [3.63, 3.8) is 0 Å². The molecule has 0 radical (unpaired) electrons. The molecule has 28 heavy (non-hydrogen) atoms. The van der Waals surface area contributed by atoms with Crippen LogP contribution < -0.4 is 4.74 Å².